The predicted octanol–water partition coefficient (Wildman–Crippen LogP) is 3.08. The number of nitrogens with two attached hydrogens (primary N) is 1. The van der Waals surface area contributed by atoms with Crippen LogP contribution in [0.3, 0.4) is 0 Å². The first-order chi connectivity index (χ1) is 8.31. The van der Waals surface area contributed by atoms with Crippen LogP contribution < -0.4 is 11.2 Å². The van der Waals surface area contributed by atoms with E-state index < -0.39 is 11.7 Å². The molecule has 0 aliphatic rings. The van der Waals surface area contributed by atoms with Gasteiger partial charge in [0.05, 0.1) is 6.61 Å². The van der Waals surface area contributed by atoms with Gasteiger partial charge in [-0.1, -0.05) is 11.6 Å². The van der Waals surface area contributed by atoms with E-state index in [1.54, 1.807) is 39.0 Å². The molecule has 0 atom stereocenters. The van der Waals surface area contributed by atoms with Crippen molar-refractivity contribution in [1.29, 1.82) is 0 Å². The van der Waals surface area contributed by atoms with E-state index in [1.807, 2.05) is 0 Å². The molecule has 3 N–H and O–H groups in total. The zero-order chi connectivity index (χ0) is 13.8. The molecule has 6 heteroatoms. The predicted molar refractivity (Wildman–Crippen MR) is 70.3 cm³/mol. The van der Waals surface area contributed by atoms with Gasteiger partial charge in [0.2, 0.25) is 0 Å². The second-order valence-corrected chi connectivity index (χ2v) is 5.18. The first-order valence-electron chi connectivity index (χ1n) is 5.42. The molecule has 0 saturated heterocycles. The number of hydrogen-bond donors (Lipinski definition) is 2. The van der Waals surface area contributed by atoms with Crippen LogP contribution in [0.25, 0.3) is 0 Å². The fourth-order valence-electron chi connectivity index (χ4n) is 1.31. The number of benzene rings is 1. The van der Waals surface area contributed by atoms with Gasteiger partial charge in [0.1, 0.15) is 5.60 Å². The lowest BCUT2D eigenvalue weighted by molar-refractivity contribution is 0.0635. The van der Waals surface area contributed by atoms with Crippen molar-refractivity contribution >= 4 is 23.4 Å². The highest BCUT2D eigenvalue weighted by Crippen LogP contribution is 2.22. The molecule has 5 nitrogen and oxygen atoms in total. The van der Waals surface area contributed by atoms with Crippen LogP contribution in [0.15, 0.2) is 18.2 Å². The summed E-state index contributed by atoms with van der Waals surface area (Å²) in [5, 5.41) is 3.16. The van der Waals surface area contributed by atoms with Crippen LogP contribution in [0, 0.1) is 0 Å². The van der Waals surface area contributed by atoms with Crippen LogP contribution in [-0.2, 0) is 16.2 Å². The van der Waals surface area contributed by atoms with Crippen LogP contribution in [-0.4, -0.2) is 11.7 Å². The van der Waals surface area contributed by atoms with Crippen molar-refractivity contribution in [2.75, 3.05) is 5.32 Å². The SMILES string of the molecule is CC(C)(C)OC(=O)Nc1ccc(Cl)cc1CON. The van der Waals surface area contributed by atoms with E-state index in [0.29, 0.717) is 16.3 Å². The summed E-state index contributed by atoms with van der Waals surface area (Å²) >= 11 is 5.86. The molecule has 0 bridgehead atoms. The molecule has 0 heterocycles. The maximum absolute atomic E-state index is 11.6. The first-order valence-corrected chi connectivity index (χ1v) is 5.80. The number of halogens is 1. The van der Waals surface area contributed by atoms with Crippen molar-refractivity contribution in [3.05, 3.63) is 28.8 Å². The number of carbonyl (C=O) groups excluding carboxylic acids is 1. The molecule has 1 aromatic carbocycles. The van der Waals surface area contributed by atoms with Crippen molar-refractivity contribution in [2.24, 2.45) is 5.90 Å². The van der Waals surface area contributed by atoms with E-state index in [9.17, 15) is 4.79 Å². The number of carbonyl (C=O) groups is 1. The maximum Gasteiger partial charge on any atom is 0.412 e. The molecule has 0 radical (unpaired) electrons. The van der Waals surface area contributed by atoms with Gasteiger partial charge in [0, 0.05) is 16.3 Å². The van der Waals surface area contributed by atoms with Gasteiger partial charge in [0.25, 0.3) is 0 Å². The molecule has 1 aromatic rings. The number of rotatable bonds is 3. The molecule has 0 aromatic heterocycles. The van der Waals surface area contributed by atoms with E-state index >= 15 is 0 Å². The molecular weight excluding hydrogens is 256 g/mol. The van der Waals surface area contributed by atoms with Crippen molar-refractivity contribution in [3.8, 4) is 0 Å². The van der Waals surface area contributed by atoms with E-state index in [-0.39, 0.29) is 6.61 Å². The van der Waals surface area contributed by atoms with Gasteiger partial charge in [-0.3, -0.25) is 10.2 Å². The van der Waals surface area contributed by atoms with Crippen LogP contribution in [0.4, 0.5) is 10.5 Å². The molecule has 100 valence electrons. The summed E-state index contributed by atoms with van der Waals surface area (Å²) in [6, 6.07) is 5.00. The maximum atomic E-state index is 11.6. The lowest BCUT2D eigenvalue weighted by atomic mass is 10.2. The highest BCUT2D eigenvalue weighted by molar-refractivity contribution is 6.30. The van der Waals surface area contributed by atoms with Gasteiger partial charge < -0.3 is 4.74 Å². The average Bonchev–Trinajstić information content (AvgIpc) is 2.20. The molecule has 0 aliphatic heterocycles. The number of ether oxygens (including phenoxy) is 1. The monoisotopic (exact) mass is 272 g/mol. The Labute approximate surface area is 111 Å². The molecule has 0 aliphatic carbocycles. The molecular formula is C12H17ClN2O3. The third-order valence-electron chi connectivity index (χ3n) is 1.94. The largest absolute Gasteiger partial charge is 0.444 e. The summed E-state index contributed by atoms with van der Waals surface area (Å²) in [6.45, 7) is 5.51. The van der Waals surface area contributed by atoms with E-state index in [2.05, 4.69) is 10.2 Å². The molecule has 0 unspecified atom stereocenters. The number of anilines is 1. The van der Waals surface area contributed by atoms with E-state index in [1.165, 1.54) is 0 Å². The summed E-state index contributed by atoms with van der Waals surface area (Å²) in [5.74, 6) is 5.03. The second kappa shape index (κ2) is 6.04. The van der Waals surface area contributed by atoms with Crippen LogP contribution in [0.2, 0.25) is 5.02 Å². The standard InChI is InChI=1S/C12H17ClN2O3/c1-12(2,3)18-11(16)15-10-5-4-9(13)6-8(10)7-17-14/h4-6H,7,14H2,1-3H3,(H,15,16). The van der Waals surface area contributed by atoms with E-state index in [0.717, 1.165) is 0 Å². The Bertz CT molecular complexity index is 430. The van der Waals surface area contributed by atoms with Gasteiger partial charge >= 0.3 is 6.09 Å². The minimum atomic E-state index is -0.555. The van der Waals surface area contributed by atoms with Crippen molar-refractivity contribution in [1.82, 2.24) is 0 Å². The number of amides is 1. The van der Waals surface area contributed by atoms with Crippen molar-refractivity contribution < 1.29 is 14.4 Å². The fraction of sp³-hybridized carbons (Fsp3) is 0.417. The summed E-state index contributed by atoms with van der Waals surface area (Å²) in [7, 11) is 0. The van der Waals surface area contributed by atoms with Crippen LogP contribution >= 0.6 is 11.6 Å². The molecule has 0 spiro atoms. The Morgan fingerprint density at radius 1 is 1.44 bits per heavy atom. The molecule has 18 heavy (non-hydrogen) atoms. The Kier molecular flexibility index (Phi) is 4.95. The van der Waals surface area contributed by atoms with Gasteiger partial charge in [-0.05, 0) is 39.0 Å². The van der Waals surface area contributed by atoms with Gasteiger partial charge in [-0.25, -0.2) is 10.7 Å². The van der Waals surface area contributed by atoms with E-state index in [4.69, 9.17) is 22.2 Å². The molecule has 1 amide bonds. The summed E-state index contributed by atoms with van der Waals surface area (Å²) in [5.41, 5.74) is 0.677. The number of nitrogens with one attached hydrogen (secondary N) is 1. The summed E-state index contributed by atoms with van der Waals surface area (Å²) in [4.78, 5) is 16.2. The van der Waals surface area contributed by atoms with Gasteiger partial charge in [0.15, 0.2) is 0 Å². The second-order valence-electron chi connectivity index (χ2n) is 4.74. The zero-order valence-electron chi connectivity index (χ0n) is 10.6. The Hall–Kier alpha value is -1.30. The minimum Gasteiger partial charge on any atom is -0.444 e. The fourth-order valence-corrected chi connectivity index (χ4v) is 1.50. The minimum absolute atomic E-state index is 0.145. The Balaban J connectivity index is 2.80. The number of hydrogen-bond acceptors (Lipinski definition) is 4. The van der Waals surface area contributed by atoms with Crippen molar-refractivity contribution in [2.45, 2.75) is 33.0 Å². The van der Waals surface area contributed by atoms with Crippen LogP contribution in [0.1, 0.15) is 26.3 Å². The average molecular weight is 273 g/mol. The highest BCUT2D eigenvalue weighted by atomic mass is 35.5. The lowest BCUT2D eigenvalue weighted by Gasteiger charge is -2.20. The third-order valence-corrected chi connectivity index (χ3v) is 2.18. The molecule has 1 rings (SSSR count). The van der Waals surface area contributed by atoms with Crippen LogP contribution in [0.5, 0.6) is 0 Å². The molecule has 0 saturated carbocycles. The Morgan fingerprint density at radius 2 is 2.11 bits per heavy atom. The van der Waals surface area contributed by atoms with Gasteiger partial charge in [-0.15, -0.1) is 0 Å². The Morgan fingerprint density at radius 3 is 2.67 bits per heavy atom. The third kappa shape index (κ3) is 4.91. The summed E-state index contributed by atoms with van der Waals surface area (Å²) < 4.78 is 5.15. The normalized spacial score (nSPS) is 11.2. The molecule has 0 fully saturated rings. The van der Waals surface area contributed by atoms with Gasteiger partial charge in [-0.2, -0.15) is 0 Å². The quantitative estimate of drug-likeness (QED) is 0.830. The summed E-state index contributed by atoms with van der Waals surface area (Å²) in [6.07, 6.45) is -0.539. The lowest BCUT2D eigenvalue weighted by Crippen LogP contribution is -2.27. The zero-order valence-corrected chi connectivity index (χ0v) is 11.4. The first kappa shape index (κ1) is 14.8. The van der Waals surface area contributed by atoms with Crippen molar-refractivity contribution in [3.63, 3.8) is 0 Å². The highest BCUT2D eigenvalue weighted by Gasteiger charge is 2.17. The smallest absolute Gasteiger partial charge is 0.412 e. The topological polar surface area (TPSA) is 73.6 Å².